The van der Waals surface area contributed by atoms with Crippen LogP contribution in [-0.2, 0) is 9.53 Å². The predicted octanol–water partition coefficient (Wildman–Crippen LogP) is 1.26. The van der Waals surface area contributed by atoms with Crippen LogP contribution in [0.25, 0.3) is 0 Å². The molecule has 1 saturated heterocycles. The number of hydrogen-bond acceptors (Lipinski definition) is 4. The summed E-state index contributed by atoms with van der Waals surface area (Å²) < 4.78 is 4.77. The van der Waals surface area contributed by atoms with Crippen LogP contribution in [0.1, 0.15) is 33.1 Å². The summed E-state index contributed by atoms with van der Waals surface area (Å²) in [5, 5.41) is 3.02. The van der Waals surface area contributed by atoms with E-state index in [4.69, 9.17) is 4.74 Å². The van der Waals surface area contributed by atoms with Crippen LogP contribution in [0.3, 0.4) is 0 Å². The molecule has 0 bridgehead atoms. The molecule has 0 aromatic rings. The predicted molar refractivity (Wildman–Crippen MR) is 68.9 cm³/mol. The van der Waals surface area contributed by atoms with Crippen molar-refractivity contribution in [2.24, 2.45) is 5.92 Å². The van der Waals surface area contributed by atoms with Gasteiger partial charge in [-0.1, -0.05) is 13.8 Å². The topological polar surface area (TPSA) is 41.6 Å². The third-order valence-electron chi connectivity index (χ3n) is 3.72. The molecule has 1 aliphatic rings. The second kappa shape index (κ2) is 6.97. The van der Waals surface area contributed by atoms with E-state index in [1.165, 1.54) is 26.5 Å². The minimum Gasteiger partial charge on any atom is -0.468 e. The Hall–Kier alpha value is -0.610. The Balaban J connectivity index is 2.40. The molecule has 0 amide bonds. The van der Waals surface area contributed by atoms with Crippen LogP contribution in [0.5, 0.6) is 0 Å². The maximum Gasteiger partial charge on any atom is 0.322 e. The molecule has 4 heteroatoms. The Kier molecular flexibility index (Phi) is 5.92. The van der Waals surface area contributed by atoms with Gasteiger partial charge in [-0.05, 0) is 38.8 Å². The molecule has 0 aromatic heterocycles. The zero-order chi connectivity index (χ0) is 12.8. The van der Waals surface area contributed by atoms with Gasteiger partial charge in [-0.2, -0.15) is 0 Å². The van der Waals surface area contributed by atoms with E-state index in [1.807, 2.05) is 7.05 Å². The van der Waals surface area contributed by atoms with Crippen LogP contribution in [0.2, 0.25) is 0 Å². The Morgan fingerprint density at radius 3 is 2.76 bits per heavy atom. The molecule has 0 spiro atoms. The highest BCUT2D eigenvalue weighted by Crippen LogP contribution is 2.23. The zero-order valence-corrected chi connectivity index (χ0v) is 11.5. The maximum absolute atomic E-state index is 11.5. The van der Waals surface area contributed by atoms with Crippen molar-refractivity contribution in [1.82, 2.24) is 10.2 Å². The summed E-state index contributed by atoms with van der Waals surface area (Å²) in [6.45, 7) is 6.70. The van der Waals surface area contributed by atoms with E-state index in [0.717, 1.165) is 13.0 Å². The Labute approximate surface area is 105 Å². The van der Waals surface area contributed by atoms with Gasteiger partial charge in [-0.3, -0.25) is 4.79 Å². The van der Waals surface area contributed by atoms with E-state index in [-0.39, 0.29) is 12.0 Å². The summed E-state index contributed by atoms with van der Waals surface area (Å²) in [6.07, 6.45) is 3.40. The van der Waals surface area contributed by atoms with Crippen molar-refractivity contribution >= 4 is 5.97 Å². The molecule has 2 atom stereocenters. The lowest BCUT2D eigenvalue weighted by Gasteiger charge is -2.28. The van der Waals surface area contributed by atoms with E-state index in [9.17, 15) is 4.79 Å². The third kappa shape index (κ3) is 3.96. The summed E-state index contributed by atoms with van der Waals surface area (Å²) >= 11 is 0. The van der Waals surface area contributed by atoms with E-state index < -0.39 is 0 Å². The van der Waals surface area contributed by atoms with Gasteiger partial charge in [0.05, 0.1) is 7.11 Å². The van der Waals surface area contributed by atoms with Crippen LogP contribution in [0.15, 0.2) is 0 Å². The first kappa shape index (κ1) is 14.5. The second-order valence-corrected chi connectivity index (χ2v) is 5.14. The van der Waals surface area contributed by atoms with Crippen molar-refractivity contribution in [2.75, 3.05) is 27.2 Å². The minimum absolute atomic E-state index is 0.159. The van der Waals surface area contributed by atoms with Crippen LogP contribution >= 0.6 is 0 Å². The first-order valence-electron chi connectivity index (χ1n) is 6.59. The van der Waals surface area contributed by atoms with Gasteiger partial charge in [0.25, 0.3) is 0 Å². The molecule has 2 unspecified atom stereocenters. The normalized spacial score (nSPS) is 23.0. The first-order valence-corrected chi connectivity index (χ1v) is 6.59. The molecule has 4 nitrogen and oxygen atoms in total. The van der Waals surface area contributed by atoms with E-state index in [2.05, 4.69) is 24.1 Å². The van der Waals surface area contributed by atoms with Gasteiger partial charge in [-0.15, -0.1) is 0 Å². The Morgan fingerprint density at radius 1 is 1.53 bits per heavy atom. The Morgan fingerprint density at radius 2 is 2.24 bits per heavy atom. The zero-order valence-electron chi connectivity index (χ0n) is 11.5. The van der Waals surface area contributed by atoms with Gasteiger partial charge in [-0.25, -0.2) is 0 Å². The molecule has 1 N–H and O–H groups in total. The molecular formula is C13H26N2O2. The highest BCUT2D eigenvalue weighted by Gasteiger charge is 2.28. The van der Waals surface area contributed by atoms with Crippen LogP contribution < -0.4 is 5.32 Å². The van der Waals surface area contributed by atoms with Crippen molar-refractivity contribution in [3.63, 3.8) is 0 Å². The highest BCUT2D eigenvalue weighted by molar-refractivity contribution is 5.75. The quantitative estimate of drug-likeness (QED) is 0.712. The monoisotopic (exact) mass is 242 g/mol. The number of nitrogens with zero attached hydrogens (tertiary/aromatic N) is 1. The highest BCUT2D eigenvalue weighted by atomic mass is 16.5. The molecular weight excluding hydrogens is 216 g/mol. The van der Waals surface area contributed by atoms with Crippen LogP contribution in [0, 0.1) is 5.92 Å². The van der Waals surface area contributed by atoms with E-state index >= 15 is 0 Å². The Bertz CT molecular complexity index is 244. The van der Waals surface area contributed by atoms with Crippen molar-refractivity contribution in [1.29, 1.82) is 0 Å². The molecule has 100 valence electrons. The number of esters is 1. The fraction of sp³-hybridized carbons (Fsp3) is 0.923. The summed E-state index contributed by atoms with van der Waals surface area (Å²) in [6, 6.07) is 0.513. The third-order valence-corrected chi connectivity index (χ3v) is 3.72. The first-order chi connectivity index (χ1) is 8.10. The van der Waals surface area contributed by atoms with Gasteiger partial charge >= 0.3 is 5.97 Å². The summed E-state index contributed by atoms with van der Waals surface area (Å²) in [5.41, 5.74) is 0. The number of likely N-dealkylation sites (tertiary alicyclic amines) is 1. The maximum atomic E-state index is 11.5. The molecule has 1 heterocycles. The second-order valence-electron chi connectivity index (χ2n) is 5.14. The number of carbonyl (C=O) groups excluding carboxylic acids is 1. The van der Waals surface area contributed by atoms with Gasteiger partial charge < -0.3 is 15.0 Å². The number of methoxy groups -OCH3 is 1. The number of ether oxygens (including phenoxy) is 1. The van der Waals surface area contributed by atoms with Gasteiger partial charge in [0.1, 0.15) is 6.04 Å². The fourth-order valence-electron chi connectivity index (χ4n) is 2.70. The van der Waals surface area contributed by atoms with Crippen LogP contribution in [-0.4, -0.2) is 50.2 Å². The van der Waals surface area contributed by atoms with Crippen molar-refractivity contribution in [2.45, 2.75) is 45.2 Å². The number of nitrogens with one attached hydrogen (secondary N) is 1. The average Bonchev–Trinajstić information content (AvgIpc) is 2.77. The van der Waals surface area contributed by atoms with Gasteiger partial charge in [0.2, 0.25) is 0 Å². The molecule has 1 aliphatic heterocycles. The molecule has 17 heavy (non-hydrogen) atoms. The number of carbonyl (C=O) groups is 1. The molecule has 1 fully saturated rings. The largest absolute Gasteiger partial charge is 0.468 e. The SMILES string of the molecule is CNC(CCN1CCCC1C(C)C)C(=O)OC. The lowest BCUT2D eigenvalue weighted by molar-refractivity contribution is -0.143. The lowest BCUT2D eigenvalue weighted by atomic mass is 10.0. The lowest BCUT2D eigenvalue weighted by Crippen LogP contribution is -2.41. The summed E-state index contributed by atoms with van der Waals surface area (Å²) in [5.74, 6) is 0.538. The van der Waals surface area contributed by atoms with E-state index in [0.29, 0.717) is 12.0 Å². The molecule has 0 aliphatic carbocycles. The molecule has 1 rings (SSSR count). The minimum atomic E-state index is -0.173. The van der Waals surface area contributed by atoms with Crippen LogP contribution in [0.4, 0.5) is 0 Å². The fourth-order valence-corrected chi connectivity index (χ4v) is 2.70. The van der Waals surface area contributed by atoms with Gasteiger partial charge in [0.15, 0.2) is 0 Å². The summed E-state index contributed by atoms with van der Waals surface area (Å²) in [4.78, 5) is 14.0. The van der Waals surface area contributed by atoms with Gasteiger partial charge in [0, 0.05) is 12.6 Å². The van der Waals surface area contributed by atoms with Crippen molar-refractivity contribution < 1.29 is 9.53 Å². The van der Waals surface area contributed by atoms with Crippen molar-refractivity contribution in [3.8, 4) is 0 Å². The molecule has 0 aromatic carbocycles. The van der Waals surface area contributed by atoms with Crippen molar-refractivity contribution in [3.05, 3.63) is 0 Å². The summed E-state index contributed by atoms with van der Waals surface area (Å²) in [7, 11) is 3.25. The number of hydrogen-bond donors (Lipinski definition) is 1. The number of rotatable bonds is 6. The molecule has 0 saturated carbocycles. The smallest absolute Gasteiger partial charge is 0.322 e. The standard InChI is InChI=1S/C13H26N2O2/c1-10(2)12-6-5-8-15(12)9-7-11(14-3)13(16)17-4/h10-12,14H,5-9H2,1-4H3. The number of likely N-dealkylation sites (N-methyl/N-ethyl adjacent to an activating group) is 1. The average molecular weight is 242 g/mol. The molecule has 0 radical (unpaired) electrons. The van der Waals surface area contributed by atoms with E-state index in [1.54, 1.807) is 0 Å².